The third-order valence-electron chi connectivity index (χ3n) is 2.00. The van der Waals surface area contributed by atoms with Crippen LogP contribution in [0.4, 0.5) is 21.2 Å². The van der Waals surface area contributed by atoms with Crippen molar-refractivity contribution in [2.75, 3.05) is 23.8 Å². The van der Waals surface area contributed by atoms with E-state index in [1.54, 1.807) is 13.8 Å². The smallest absolute Gasteiger partial charge is 0.473 e. The summed E-state index contributed by atoms with van der Waals surface area (Å²) in [6.45, 7) is 3.55. The van der Waals surface area contributed by atoms with Gasteiger partial charge in [-0.05, 0) is 13.8 Å². The van der Waals surface area contributed by atoms with Crippen molar-refractivity contribution in [3.8, 4) is 0 Å². The van der Waals surface area contributed by atoms with Crippen LogP contribution in [-0.4, -0.2) is 25.4 Å². The molecule has 2 N–H and O–H groups in total. The maximum Gasteiger partial charge on any atom is 0.473 e. The molecule has 110 valence electrons. The summed E-state index contributed by atoms with van der Waals surface area (Å²) in [6.07, 6.45) is -1.61. The molecule has 1 aromatic heterocycles. The van der Waals surface area contributed by atoms with Crippen molar-refractivity contribution in [1.29, 1.82) is 0 Å². The number of ether oxygens (including phenoxy) is 2. The second-order valence-electron chi connectivity index (χ2n) is 3.43. The highest BCUT2D eigenvalue weighted by Gasteiger charge is 2.16. The molecule has 0 atom stereocenters. The van der Waals surface area contributed by atoms with Crippen molar-refractivity contribution in [2.24, 2.45) is 0 Å². The summed E-state index contributed by atoms with van der Waals surface area (Å²) in [6, 6.07) is 2.45. The highest BCUT2D eigenvalue weighted by Crippen LogP contribution is 2.17. The van der Waals surface area contributed by atoms with Gasteiger partial charge in [0.1, 0.15) is 0 Å². The van der Waals surface area contributed by atoms with Gasteiger partial charge in [-0.3, -0.25) is 0 Å². The number of anilines is 2. The molecule has 0 aliphatic carbocycles. The lowest BCUT2D eigenvalue weighted by Gasteiger charge is -2.15. The number of nitrogens with one attached hydrogen (secondary N) is 2. The van der Waals surface area contributed by atoms with Crippen LogP contribution in [0, 0.1) is 5.21 Å². The van der Waals surface area contributed by atoms with E-state index in [4.69, 9.17) is 11.6 Å². The Morgan fingerprint density at radius 2 is 1.55 bits per heavy atom. The molecule has 2 amide bonds. The Balaban J connectivity index is 2.94. The summed E-state index contributed by atoms with van der Waals surface area (Å²) in [4.78, 5) is 22.5. The highest BCUT2D eigenvalue weighted by atomic mass is 35.5. The molecule has 0 saturated heterocycles. The van der Waals surface area contributed by atoms with Crippen molar-refractivity contribution >= 4 is 35.4 Å². The number of hydrogen-bond donors (Lipinski definition) is 2. The van der Waals surface area contributed by atoms with Crippen molar-refractivity contribution in [1.82, 2.24) is 0 Å². The Morgan fingerprint density at radius 1 is 1.15 bits per heavy atom. The molecule has 0 fully saturated rings. The zero-order valence-corrected chi connectivity index (χ0v) is 11.7. The predicted octanol–water partition coefficient (Wildman–Crippen LogP) is 2.11. The summed E-state index contributed by atoms with van der Waals surface area (Å²) in [7, 11) is 0. The van der Waals surface area contributed by atoms with Gasteiger partial charge in [0.15, 0.2) is 0 Å². The van der Waals surface area contributed by atoms with Crippen LogP contribution >= 0.6 is 11.6 Å². The van der Waals surface area contributed by atoms with E-state index in [0.717, 1.165) is 0 Å². The molecule has 0 aromatic carbocycles. The molecule has 0 spiro atoms. The summed E-state index contributed by atoms with van der Waals surface area (Å²) >= 11 is 5.81. The highest BCUT2D eigenvalue weighted by molar-refractivity contribution is 6.31. The molecular formula is C11H14ClN3O5. The zero-order valence-electron chi connectivity index (χ0n) is 10.9. The Hall–Kier alpha value is -2.22. The van der Waals surface area contributed by atoms with E-state index in [1.807, 2.05) is 0 Å². The Labute approximate surface area is 120 Å². The standard InChI is InChI=1S/C11H14ClN3O5/c1-3-19-10(16)13-8-5-7(12)6-9(15(8)18)14-11(17)20-4-2/h5-6H,3-4H2,1-2H3,(H,13,16)(H,14,17). The minimum Gasteiger partial charge on any atom is -0.740 e. The van der Waals surface area contributed by atoms with Crippen LogP contribution in [0.5, 0.6) is 0 Å². The van der Waals surface area contributed by atoms with Gasteiger partial charge in [-0.15, -0.1) is 0 Å². The second kappa shape index (κ2) is 7.39. The topological polar surface area (TPSA) is 104 Å². The second-order valence-corrected chi connectivity index (χ2v) is 3.87. The van der Waals surface area contributed by atoms with E-state index < -0.39 is 12.2 Å². The first kappa shape index (κ1) is 15.8. The fourth-order valence-corrected chi connectivity index (χ4v) is 1.47. The van der Waals surface area contributed by atoms with Gasteiger partial charge in [0.25, 0.3) is 0 Å². The van der Waals surface area contributed by atoms with E-state index >= 15 is 0 Å². The first-order valence-corrected chi connectivity index (χ1v) is 6.16. The maximum atomic E-state index is 11.9. The van der Waals surface area contributed by atoms with Gasteiger partial charge < -0.3 is 14.7 Å². The molecule has 1 aromatic rings. The molecule has 0 radical (unpaired) electrons. The number of halogens is 1. The maximum absolute atomic E-state index is 11.9. The molecule has 0 aliphatic heterocycles. The van der Waals surface area contributed by atoms with Crippen molar-refractivity contribution in [3.63, 3.8) is 0 Å². The quantitative estimate of drug-likeness (QED) is 0.655. The van der Waals surface area contributed by atoms with Crippen LogP contribution < -0.4 is 15.4 Å². The monoisotopic (exact) mass is 303 g/mol. The number of aromatic nitrogens is 1. The lowest BCUT2D eigenvalue weighted by Crippen LogP contribution is -2.37. The third kappa shape index (κ3) is 4.47. The van der Waals surface area contributed by atoms with Crippen LogP contribution in [0.2, 0.25) is 5.02 Å². The summed E-state index contributed by atoms with van der Waals surface area (Å²) < 4.78 is 9.58. The van der Waals surface area contributed by atoms with Crippen molar-refractivity contribution < 1.29 is 23.8 Å². The van der Waals surface area contributed by atoms with Gasteiger partial charge in [0, 0.05) is 12.1 Å². The normalized spacial score (nSPS) is 9.75. The van der Waals surface area contributed by atoms with Gasteiger partial charge in [-0.25, -0.2) is 25.0 Å². The summed E-state index contributed by atoms with van der Waals surface area (Å²) in [5, 5.41) is 16.5. The number of carbonyl (C=O) groups excluding carboxylic acids is 2. The van der Waals surface area contributed by atoms with E-state index in [1.165, 1.54) is 12.1 Å². The Morgan fingerprint density at radius 3 is 1.90 bits per heavy atom. The largest absolute Gasteiger partial charge is 0.740 e. The Bertz CT molecular complexity index is 468. The molecule has 9 heteroatoms. The minimum absolute atomic E-state index is 0.149. The van der Waals surface area contributed by atoms with E-state index in [2.05, 4.69) is 20.1 Å². The third-order valence-corrected chi connectivity index (χ3v) is 2.22. The molecule has 1 heterocycles. The molecule has 8 nitrogen and oxygen atoms in total. The van der Waals surface area contributed by atoms with Crippen LogP contribution in [0.3, 0.4) is 0 Å². The molecular weight excluding hydrogens is 290 g/mol. The number of amides is 2. The van der Waals surface area contributed by atoms with Gasteiger partial charge >= 0.3 is 12.2 Å². The van der Waals surface area contributed by atoms with Crippen LogP contribution in [-0.2, 0) is 9.47 Å². The van der Waals surface area contributed by atoms with Crippen LogP contribution in [0.15, 0.2) is 12.1 Å². The molecule has 0 bridgehead atoms. The molecule has 1 rings (SSSR count). The van der Waals surface area contributed by atoms with Gasteiger partial charge in [0.05, 0.1) is 18.2 Å². The number of pyridine rings is 1. The number of hydrogen-bond acceptors (Lipinski definition) is 5. The van der Waals surface area contributed by atoms with E-state index in [-0.39, 0.29) is 29.9 Å². The summed E-state index contributed by atoms with van der Waals surface area (Å²) in [5.41, 5.74) is 0. The molecule has 0 unspecified atom stereocenters. The minimum atomic E-state index is -0.804. The first-order chi connectivity index (χ1) is 9.47. The lowest BCUT2D eigenvalue weighted by atomic mass is 10.4. The van der Waals surface area contributed by atoms with Crippen LogP contribution in [0.25, 0.3) is 0 Å². The van der Waals surface area contributed by atoms with Gasteiger partial charge in [0.2, 0.25) is 11.6 Å². The number of carbonyl (C=O) groups is 2. The Kier molecular flexibility index (Phi) is 5.85. The van der Waals surface area contributed by atoms with Gasteiger partial charge in [-0.1, -0.05) is 11.6 Å². The summed E-state index contributed by atoms with van der Waals surface area (Å²) in [5.74, 6) is -0.356. The van der Waals surface area contributed by atoms with Crippen molar-refractivity contribution in [3.05, 3.63) is 22.4 Å². The fourth-order valence-electron chi connectivity index (χ4n) is 1.27. The average molecular weight is 304 g/mol. The predicted molar refractivity (Wildman–Crippen MR) is 71.7 cm³/mol. The van der Waals surface area contributed by atoms with Gasteiger partial charge in [-0.2, -0.15) is 0 Å². The van der Waals surface area contributed by atoms with E-state index in [9.17, 15) is 14.8 Å². The zero-order chi connectivity index (χ0) is 15.1. The molecule has 0 saturated carbocycles. The van der Waals surface area contributed by atoms with Crippen molar-refractivity contribution in [2.45, 2.75) is 13.8 Å². The van der Waals surface area contributed by atoms with E-state index in [0.29, 0.717) is 4.73 Å². The average Bonchev–Trinajstić information content (AvgIpc) is 2.35. The number of nitrogens with zero attached hydrogens (tertiary/aromatic N) is 1. The SMILES string of the molecule is CCOC(=O)Nc1cc(Cl)cc(NC(=O)OCC)[n+]1[O-]. The lowest BCUT2D eigenvalue weighted by molar-refractivity contribution is -0.574. The fraction of sp³-hybridized carbons (Fsp3) is 0.364. The molecule has 20 heavy (non-hydrogen) atoms. The molecule has 0 aliphatic rings. The number of rotatable bonds is 4. The first-order valence-electron chi connectivity index (χ1n) is 5.78. The van der Waals surface area contributed by atoms with Crippen LogP contribution in [0.1, 0.15) is 13.8 Å².